The van der Waals surface area contributed by atoms with Gasteiger partial charge in [0.1, 0.15) is 6.04 Å². The number of fused-ring (bicyclic) bond motifs is 3. The molecule has 9 heteroatoms. The number of nitrogens with zero attached hydrogens (tertiary/aromatic N) is 2. The summed E-state index contributed by atoms with van der Waals surface area (Å²) in [6.45, 7) is 0.433. The molecule has 0 saturated heterocycles. The lowest BCUT2D eigenvalue weighted by molar-refractivity contribution is -0.118. The van der Waals surface area contributed by atoms with Crippen LogP contribution in [-0.2, 0) is 9.53 Å². The standard InChI is InChI=1S/C37H34N4O4S/c1-41(37(44)45-33-29-20-10-8-18-27(29)28-19-9-11-21-30(28)33)23-13-12-22-31(38-34(42)26-16-6-3-7-17-26)35(43)40-36-39-32(24-46-36)25-14-4-2-5-15-25/h2-11,14-21,24,31,33H,12-13,22-23H2,1H3,(H,38,42)(H,39,40,43)/t31-/m0/s1. The van der Waals surface area contributed by atoms with Crippen molar-refractivity contribution in [2.75, 3.05) is 18.9 Å². The Hall–Kier alpha value is -5.28. The molecule has 6 rings (SSSR count). The highest BCUT2D eigenvalue weighted by Gasteiger charge is 2.32. The molecule has 0 aliphatic heterocycles. The van der Waals surface area contributed by atoms with Crippen molar-refractivity contribution in [1.29, 1.82) is 0 Å². The topological polar surface area (TPSA) is 101 Å². The average Bonchev–Trinajstić information content (AvgIpc) is 3.69. The predicted molar refractivity (Wildman–Crippen MR) is 181 cm³/mol. The van der Waals surface area contributed by atoms with Crippen molar-refractivity contribution in [2.24, 2.45) is 0 Å². The van der Waals surface area contributed by atoms with E-state index in [1.807, 2.05) is 90.3 Å². The Bertz CT molecular complexity index is 1780. The molecule has 1 aromatic heterocycles. The molecule has 8 nitrogen and oxygen atoms in total. The van der Waals surface area contributed by atoms with Gasteiger partial charge in [0.15, 0.2) is 11.2 Å². The number of carbonyl (C=O) groups is 3. The maximum absolute atomic E-state index is 13.4. The third-order valence-electron chi connectivity index (χ3n) is 8.01. The van der Waals surface area contributed by atoms with Gasteiger partial charge in [0, 0.05) is 41.2 Å². The summed E-state index contributed by atoms with van der Waals surface area (Å²) < 4.78 is 6.00. The number of benzene rings is 4. The average molecular weight is 631 g/mol. The molecule has 5 aromatic rings. The van der Waals surface area contributed by atoms with Gasteiger partial charge in [-0.15, -0.1) is 11.3 Å². The smallest absolute Gasteiger partial charge is 0.410 e. The number of aromatic nitrogens is 1. The molecule has 0 spiro atoms. The Morgan fingerprint density at radius 2 is 1.43 bits per heavy atom. The third kappa shape index (κ3) is 7.00. The van der Waals surface area contributed by atoms with E-state index in [1.54, 1.807) is 36.2 Å². The molecule has 1 aliphatic carbocycles. The Kier molecular flexibility index (Phi) is 9.50. The first-order valence-corrected chi connectivity index (χ1v) is 16.1. The molecule has 1 atom stereocenters. The van der Waals surface area contributed by atoms with Crippen LogP contribution in [0.15, 0.2) is 115 Å². The first-order valence-electron chi connectivity index (χ1n) is 15.3. The van der Waals surface area contributed by atoms with E-state index in [0.29, 0.717) is 36.5 Å². The second-order valence-electron chi connectivity index (χ2n) is 11.1. The molecule has 1 heterocycles. The number of anilines is 1. The lowest BCUT2D eigenvalue weighted by Gasteiger charge is -2.22. The van der Waals surface area contributed by atoms with Crippen molar-refractivity contribution in [3.8, 4) is 22.4 Å². The van der Waals surface area contributed by atoms with E-state index in [4.69, 9.17) is 4.74 Å². The van der Waals surface area contributed by atoms with E-state index in [-0.39, 0.29) is 11.8 Å². The first kappa shape index (κ1) is 30.7. The number of unbranched alkanes of at least 4 members (excludes halogenated alkanes) is 1. The summed E-state index contributed by atoms with van der Waals surface area (Å²) in [5, 5.41) is 8.12. The zero-order valence-corrected chi connectivity index (χ0v) is 26.2. The maximum Gasteiger partial charge on any atom is 0.410 e. The molecule has 0 saturated carbocycles. The highest BCUT2D eigenvalue weighted by atomic mass is 32.1. The van der Waals surface area contributed by atoms with Crippen LogP contribution in [0.3, 0.4) is 0 Å². The molecule has 2 N–H and O–H groups in total. The van der Waals surface area contributed by atoms with Crippen LogP contribution >= 0.6 is 11.3 Å². The molecule has 46 heavy (non-hydrogen) atoms. The Morgan fingerprint density at radius 3 is 2.11 bits per heavy atom. The fourth-order valence-corrected chi connectivity index (χ4v) is 6.30. The van der Waals surface area contributed by atoms with Gasteiger partial charge in [-0.25, -0.2) is 9.78 Å². The van der Waals surface area contributed by atoms with Crippen LogP contribution < -0.4 is 10.6 Å². The minimum atomic E-state index is -0.791. The van der Waals surface area contributed by atoms with Gasteiger partial charge in [0.2, 0.25) is 5.91 Å². The van der Waals surface area contributed by atoms with Gasteiger partial charge >= 0.3 is 6.09 Å². The van der Waals surface area contributed by atoms with Crippen LogP contribution in [0.25, 0.3) is 22.4 Å². The normalized spacial score (nSPS) is 12.5. The molecule has 1 aliphatic rings. The summed E-state index contributed by atoms with van der Waals surface area (Å²) in [5.41, 5.74) is 6.30. The predicted octanol–water partition coefficient (Wildman–Crippen LogP) is 7.56. The van der Waals surface area contributed by atoms with E-state index in [1.165, 1.54) is 11.3 Å². The highest BCUT2D eigenvalue weighted by Crippen LogP contribution is 2.45. The summed E-state index contributed by atoms with van der Waals surface area (Å²) in [4.78, 5) is 45.7. The van der Waals surface area contributed by atoms with E-state index in [2.05, 4.69) is 15.6 Å². The van der Waals surface area contributed by atoms with Gasteiger partial charge in [-0.2, -0.15) is 0 Å². The third-order valence-corrected chi connectivity index (χ3v) is 8.76. The van der Waals surface area contributed by atoms with Gasteiger partial charge in [0.05, 0.1) is 5.69 Å². The van der Waals surface area contributed by atoms with Crippen LogP contribution in [0.2, 0.25) is 0 Å². The van der Waals surface area contributed by atoms with Crippen molar-refractivity contribution in [3.63, 3.8) is 0 Å². The summed E-state index contributed by atoms with van der Waals surface area (Å²) >= 11 is 1.33. The Labute approximate surface area is 272 Å². The van der Waals surface area contributed by atoms with Crippen LogP contribution in [-0.4, -0.2) is 47.4 Å². The molecular weight excluding hydrogens is 596 g/mol. The van der Waals surface area contributed by atoms with Gasteiger partial charge < -0.3 is 20.3 Å². The number of amides is 3. The molecule has 4 aromatic carbocycles. The lowest BCUT2D eigenvalue weighted by Crippen LogP contribution is -2.44. The molecule has 3 amide bonds. The number of ether oxygens (including phenoxy) is 1. The number of rotatable bonds is 11. The monoisotopic (exact) mass is 630 g/mol. The zero-order valence-electron chi connectivity index (χ0n) is 25.4. The Morgan fingerprint density at radius 1 is 0.826 bits per heavy atom. The fraction of sp³-hybridized carbons (Fsp3) is 0.189. The van der Waals surface area contributed by atoms with Gasteiger partial charge in [-0.1, -0.05) is 97.1 Å². The van der Waals surface area contributed by atoms with Crippen LogP contribution in [0, 0.1) is 0 Å². The number of carbonyl (C=O) groups excluding carboxylic acids is 3. The summed E-state index contributed by atoms with van der Waals surface area (Å²) in [6, 6.07) is 33.7. The first-order chi connectivity index (χ1) is 22.5. The second kappa shape index (κ2) is 14.2. The van der Waals surface area contributed by atoms with Crippen molar-refractivity contribution in [3.05, 3.63) is 131 Å². The van der Waals surface area contributed by atoms with Crippen LogP contribution in [0.4, 0.5) is 9.93 Å². The minimum Gasteiger partial charge on any atom is -0.436 e. The van der Waals surface area contributed by atoms with Crippen molar-refractivity contribution >= 4 is 34.4 Å². The fourth-order valence-electron chi connectivity index (χ4n) is 5.58. The van der Waals surface area contributed by atoms with E-state index in [9.17, 15) is 14.4 Å². The molecule has 0 bridgehead atoms. The highest BCUT2D eigenvalue weighted by molar-refractivity contribution is 7.14. The largest absolute Gasteiger partial charge is 0.436 e. The minimum absolute atomic E-state index is 0.331. The summed E-state index contributed by atoms with van der Waals surface area (Å²) in [5.74, 6) is -0.674. The zero-order chi connectivity index (χ0) is 31.9. The summed E-state index contributed by atoms with van der Waals surface area (Å²) in [7, 11) is 1.71. The van der Waals surface area contributed by atoms with E-state index in [0.717, 1.165) is 33.5 Å². The number of hydrogen-bond donors (Lipinski definition) is 2. The maximum atomic E-state index is 13.4. The SMILES string of the molecule is CN(CCCC[C@H](NC(=O)c1ccccc1)C(=O)Nc1nc(-c2ccccc2)cs1)C(=O)OC1c2ccccc2-c2ccccc21. The van der Waals surface area contributed by atoms with Crippen molar-refractivity contribution in [1.82, 2.24) is 15.2 Å². The van der Waals surface area contributed by atoms with E-state index < -0.39 is 18.2 Å². The number of thiazole rings is 1. The molecule has 0 fully saturated rings. The van der Waals surface area contributed by atoms with Crippen LogP contribution in [0.5, 0.6) is 0 Å². The van der Waals surface area contributed by atoms with Crippen molar-refractivity contribution in [2.45, 2.75) is 31.4 Å². The van der Waals surface area contributed by atoms with Gasteiger partial charge in [-0.3, -0.25) is 9.59 Å². The Balaban J connectivity index is 1.06. The summed E-state index contributed by atoms with van der Waals surface area (Å²) in [6.07, 6.45) is 0.711. The number of hydrogen-bond acceptors (Lipinski definition) is 6. The molecule has 0 radical (unpaired) electrons. The second-order valence-corrected chi connectivity index (χ2v) is 12.0. The molecule has 232 valence electrons. The lowest BCUT2D eigenvalue weighted by atomic mass is 10.1. The van der Waals surface area contributed by atoms with Gasteiger partial charge in [-0.05, 0) is 42.5 Å². The molecular formula is C37H34N4O4S. The quantitative estimate of drug-likeness (QED) is 0.147. The molecule has 0 unspecified atom stereocenters. The van der Waals surface area contributed by atoms with Gasteiger partial charge in [0.25, 0.3) is 5.91 Å². The van der Waals surface area contributed by atoms with E-state index >= 15 is 0 Å². The van der Waals surface area contributed by atoms with Crippen molar-refractivity contribution < 1.29 is 19.1 Å². The van der Waals surface area contributed by atoms with Crippen LogP contribution in [0.1, 0.15) is 46.9 Å². The number of nitrogens with one attached hydrogen (secondary N) is 2.